The van der Waals surface area contributed by atoms with Crippen molar-refractivity contribution in [3.8, 4) is 0 Å². The van der Waals surface area contributed by atoms with E-state index in [4.69, 9.17) is 4.74 Å². The van der Waals surface area contributed by atoms with Crippen LogP contribution in [0.5, 0.6) is 0 Å². The molecule has 1 N–H and O–H groups in total. The van der Waals surface area contributed by atoms with E-state index in [9.17, 15) is 24.5 Å². The van der Waals surface area contributed by atoms with Crippen molar-refractivity contribution >= 4 is 29.2 Å². The van der Waals surface area contributed by atoms with E-state index in [0.29, 0.717) is 30.5 Å². The molecule has 0 radical (unpaired) electrons. The van der Waals surface area contributed by atoms with Gasteiger partial charge in [0.25, 0.3) is 11.6 Å². The molecule has 9 nitrogen and oxygen atoms in total. The lowest BCUT2D eigenvalue weighted by molar-refractivity contribution is -0.384. The van der Waals surface area contributed by atoms with E-state index in [0.717, 1.165) is 0 Å². The molecule has 0 aromatic heterocycles. The number of benzene rings is 2. The Labute approximate surface area is 185 Å². The Kier molecular flexibility index (Phi) is 7.19. The van der Waals surface area contributed by atoms with Crippen LogP contribution in [0.25, 0.3) is 0 Å². The van der Waals surface area contributed by atoms with Crippen LogP contribution in [0.1, 0.15) is 37.0 Å². The lowest BCUT2D eigenvalue weighted by Crippen LogP contribution is -2.42. The number of nitro benzene ring substituents is 1. The zero-order valence-electron chi connectivity index (χ0n) is 17.9. The number of hydrogen-bond donors (Lipinski definition) is 1. The number of nitro groups is 1. The van der Waals surface area contributed by atoms with E-state index in [-0.39, 0.29) is 23.8 Å². The van der Waals surface area contributed by atoms with E-state index < -0.39 is 28.8 Å². The Morgan fingerprint density at radius 1 is 1.19 bits per heavy atom. The molecule has 2 atom stereocenters. The maximum Gasteiger partial charge on any atom is 0.311 e. The van der Waals surface area contributed by atoms with Crippen LogP contribution in [0, 0.1) is 23.0 Å². The number of hydrogen-bond acceptors (Lipinski definition) is 6. The minimum Gasteiger partial charge on any atom is -0.447 e. The van der Waals surface area contributed by atoms with Gasteiger partial charge in [-0.3, -0.25) is 24.5 Å². The first kappa shape index (κ1) is 22.9. The van der Waals surface area contributed by atoms with Gasteiger partial charge in [-0.2, -0.15) is 0 Å². The van der Waals surface area contributed by atoms with Crippen LogP contribution in [0.4, 0.5) is 11.4 Å². The summed E-state index contributed by atoms with van der Waals surface area (Å²) in [5.41, 5.74) is 0.879. The molecule has 0 bridgehead atoms. The van der Waals surface area contributed by atoms with Gasteiger partial charge in [-0.05, 0) is 31.4 Å². The number of likely N-dealkylation sites (tertiary alicyclic amines) is 1. The quantitative estimate of drug-likeness (QED) is 0.419. The number of amides is 2. The number of piperidine rings is 1. The number of nitrogens with one attached hydrogen (secondary N) is 1. The number of ether oxygens (including phenoxy) is 1. The Morgan fingerprint density at radius 3 is 2.56 bits per heavy atom. The molecule has 1 aliphatic heterocycles. The van der Waals surface area contributed by atoms with E-state index in [2.05, 4.69) is 5.32 Å². The van der Waals surface area contributed by atoms with Crippen LogP contribution in [0.15, 0.2) is 48.5 Å². The lowest BCUT2D eigenvalue weighted by atomic mass is 9.98. The van der Waals surface area contributed by atoms with Gasteiger partial charge >= 0.3 is 5.97 Å². The van der Waals surface area contributed by atoms with Gasteiger partial charge in [-0.25, -0.2) is 0 Å². The summed E-state index contributed by atoms with van der Waals surface area (Å²) >= 11 is 0. The largest absolute Gasteiger partial charge is 0.447 e. The number of aryl methyl sites for hydroxylation is 1. The van der Waals surface area contributed by atoms with Crippen molar-refractivity contribution in [1.29, 1.82) is 0 Å². The fraction of sp³-hybridized carbons (Fsp3) is 0.348. The number of esters is 1. The molecule has 0 saturated carbocycles. The van der Waals surface area contributed by atoms with Crippen molar-refractivity contribution in [1.82, 2.24) is 4.90 Å². The summed E-state index contributed by atoms with van der Waals surface area (Å²) < 4.78 is 5.60. The SMILES string of the molecule is CC(=O)N1CCCC(C(=O)OC(C(=O)Nc2ccc(C)cc2[N+](=O)[O-])c2ccccc2)C1. The maximum atomic E-state index is 13.1. The topological polar surface area (TPSA) is 119 Å². The number of rotatable bonds is 6. The highest BCUT2D eigenvalue weighted by molar-refractivity contribution is 5.98. The molecule has 32 heavy (non-hydrogen) atoms. The molecule has 3 rings (SSSR count). The summed E-state index contributed by atoms with van der Waals surface area (Å²) in [5.74, 6) is -1.94. The maximum absolute atomic E-state index is 13.1. The van der Waals surface area contributed by atoms with Crippen molar-refractivity contribution in [3.05, 3.63) is 69.8 Å². The Balaban J connectivity index is 1.82. The molecular weight excluding hydrogens is 414 g/mol. The highest BCUT2D eigenvalue weighted by Crippen LogP contribution is 2.29. The smallest absolute Gasteiger partial charge is 0.311 e. The van der Waals surface area contributed by atoms with Gasteiger partial charge < -0.3 is 15.0 Å². The fourth-order valence-corrected chi connectivity index (χ4v) is 3.67. The van der Waals surface area contributed by atoms with Gasteiger partial charge in [-0.15, -0.1) is 0 Å². The summed E-state index contributed by atoms with van der Waals surface area (Å²) in [4.78, 5) is 50.1. The molecule has 1 fully saturated rings. The molecule has 1 aliphatic rings. The third-order valence-corrected chi connectivity index (χ3v) is 5.38. The lowest BCUT2D eigenvalue weighted by Gasteiger charge is -2.31. The number of anilines is 1. The van der Waals surface area contributed by atoms with Crippen LogP contribution >= 0.6 is 0 Å². The van der Waals surface area contributed by atoms with E-state index >= 15 is 0 Å². The fourth-order valence-electron chi connectivity index (χ4n) is 3.67. The van der Waals surface area contributed by atoms with E-state index in [1.54, 1.807) is 48.2 Å². The minimum absolute atomic E-state index is 0.0167. The van der Waals surface area contributed by atoms with Crippen LogP contribution in [-0.2, 0) is 19.1 Å². The molecule has 1 saturated heterocycles. The van der Waals surface area contributed by atoms with E-state index in [1.165, 1.54) is 19.1 Å². The van der Waals surface area contributed by atoms with Crippen LogP contribution in [0.2, 0.25) is 0 Å². The highest BCUT2D eigenvalue weighted by Gasteiger charge is 2.33. The first-order chi connectivity index (χ1) is 15.3. The Morgan fingerprint density at radius 2 is 1.91 bits per heavy atom. The van der Waals surface area contributed by atoms with Gasteiger partial charge in [0.15, 0.2) is 0 Å². The zero-order valence-corrected chi connectivity index (χ0v) is 17.9. The standard InChI is InChI=1S/C23H25N3O6/c1-15-10-11-19(20(13-15)26(30)31)24-22(28)21(17-7-4-3-5-8-17)32-23(29)18-9-6-12-25(14-18)16(2)27/h3-5,7-8,10-11,13,18,21H,6,9,12,14H2,1-2H3,(H,24,28). The van der Waals surface area contributed by atoms with Crippen LogP contribution < -0.4 is 5.32 Å². The van der Waals surface area contributed by atoms with Gasteiger partial charge in [0.2, 0.25) is 12.0 Å². The molecule has 9 heteroatoms. The summed E-state index contributed by atoms with van der Waals surface area (Å²) in [7, 11) is 0. The summed E-state index contributed by atoms with van der Waals surface area (Å²) in [5, 5.41) is 13.9. The number of nitrogens with zero attached hydrogens (tertiary/aromatic N) is 2. The molecule has 0 aliphatic carbocycles. The summed E-state index contributed by atoms with van der Waals surface area (Å²) in [6, 6.07) is 12.9. The average Bonchev–Trinajstić information content (AvgIpc) is 2.78. The summed E-state index contributed by atoms with van der Waals surface area (Å²) in [6.45, 7) is 3.98. The number of carbonyl (C=O) groups is 3. The van der Waals surface area contributed by atoms with Gasteiger partial charge in [0, 0.05) is 31.6 Å². The first-order valence-corrected chi connectivity index (χ1v) is 10.3. The molecule has 2 unspecified atom stereocenters. The third kappa shape index (κ3) is 5.48. The molecule has 2 aromatic carbocycles. The Bertz CT molecular complexity index is 1020. The second kappa shape index (κ2) is 10.0. The van der Waals surface area contributed by atoms with Gasteiger partial charge in [-0.1, -0.05) is 36.4 Å². The minimum atomic E-state index is -1.29. The molecule has 0 spiro atoms. The van der Waals surface area contributed by atoms with Crippen molar-refractivity contribution in [3.63, 3.8) is 0 Å². The normalized spacial score (nSPS) is 16.7. The summed E-state index contributed by atoms with van der Waals surface area (Å²) in [6.07, 6.45) is -0.0796. The average molecular weight is 439 g/mol. The zero-order chi connectivity index (χ0) is 23.3. The molecule has 2 aromatic rings. The number of carbonyl (C=O) groups excluding carboxylic acids is 3. The second-order valence-corrected chi connectivity index (χ2v) is 7.80. The molecule has 168 valence electrons. The predicted octanol–water partition coefficient (Wildman–Crippen LogP) is 3.38. The monoisotopic (exact) mass is 439 g/mol. The second-order valence-electron chi connectivity index (χ2n) is 7.80. The first-order valence-electron chi connectivity index (χ1n) is 10.3. The highest BCUT2D eigenvalue weighted by atomic mass is 16.6. The molecule has 2 amide bonds. The molecular formula is C23H25N3O6. The van der Waals surface area contributed by atoms with Crippen LogP contribution in [0.3, 0.4) is 0 Å². The van der Waals surface area contributed by atoms with Crippen molar-refractivity contribution in [2.75, 3.05) is 18.4 Å². The van der Waals surface area contributed by atoms with E-state index in [1.807, 2.05) is 0 Å². The third-order valence-electron chi connectivity index (χ3n) is 5.38. The van der Waals surface area contributed by atoms with Gasteiger partial charge in [0.05, 0.1) is 10.8 Å². The van der Waals surface area contributed by atoms with Crippen LogP contribution in [-0.4, -0.2) is 40.7 Å². The van der Waals surface area contributed by atoms with Gasteiger partial charge in [0.1, 0.15) is 5.69 Å². The van der Waals surface area contributed by atoms with Crippen molar-refractivity contribution in [2.45, 2.75) is 32.8 Å². The van der Waals surface area contributed by atoms with Crippen molar-refractivity contribution in [2.24, 2.45) is 5.92 Å². The van der Waals surface area contributed by atoms with Crippen molar-refractivity contribution < 1.29 is 24.0 Å². The molecule has 1 heterocycles. The Hall–Kier alpha value is -3.75. The predicted molar refractivity (Wildman–Crippen MR) is 117 cm³/mol.